The van der Waals surface area contributed by atoms with Crippen LogP contribution in [0.15, 0.2) is 24.3 Å². The highest BCUT2D eigenvalue weighted by molar-refractivity contribution is 6.58. The predicted octanol–water partition coefficient (Wildman–Crippen LogP) is -0.112. The van der Waals surface area contributed by atoms with Crippen molar-refractivity contribution in [2.24, 2.45) is 0 Å². The van der Waals surface area contributed by atoms with Crippen LogP contribution in [0.25, 0.3) is 0 Å². The van der Waals surface area contributed by atoms with Crippen LogP contribution in [0.5, 0.6) is 0 Å². The summed E-state index contributed by atoms with van der Waals surface area (Å²) >= 11 is 0. The van der Waals surface area contributed by atoms with E-state index >= 15 is 0 Å². The van der Waals surface area contributed by atoms with Crippen molar-refractivity contribution in [1.82, 2.24) is 0 Å². The van der Waals surface area contributed by atoms with E-state index in [4.69, 9.17) is 10.0 Å². The SMILES string of the molecule is CCC(=O)Cc1cccc(B(O)O)c1. The Kier molecular flexibility index (Phi) is 3.86. The predicted molar refractivity (Wildman–Crippen MR) is 55.3 cm³/mol. The summed E-state index contributed by atoms with van der Waals surface area (Å²) in [5, 5.41) is 17.8. The van der Waals surface area contributed by atoms with Crippen LogP contribution in [0.4, 0.5) is 0 Å². The molecule has 0 aliphatic heterocycles. The van der Waals surface area contributed by atoms with E-state index in [-0.39, 0.29) is 5.78 Å². The lowest BCUT2D eigenvalue weighted by Crippen LogP contribution is -2.30. The van der Waals surface area contributed by atoms with Crippen molar-refractivity contribution in [1.29, 1.82) is 0 Å². The van der Waals surface area contributed by atoms with Gasteiger partial charge in [-0.25, -0.2) is 0 Å². The number of ketones is 1. The molecule has 0 spiro atoms. The molecule has 14 heavy (non-hydrogen) atoms. The lowest BCUT2D eigenvalue weighted by molar-refractivity contribution is -0.118. The molecular weight excluding hydrogens is 179 g/mol. The number of rotatable bonds is 4. The van der Waals surface area contributed by atoms with Gasteiger partial charge in [-0.15, -0.1) is 0 Å². The zero-order valence-electron chi connectivity index (χ0n) is 8.10. The second-order valence-corrected chi connectivity index (χ2v) is 3.19. The normalized spacial score (nSPS) is 9.93. The van der Waals surface area contributed by atoms with Gasteiger partial charge in [0, 0.05) is 12.8 Å². The molecule has 3 nitrogen and oxygen atoms in total. The minimum absolute atomic E-state index is 0.148. The van der Waals surface area contributed by atoms with Crippen molar-refractivity contribution in [2.75, 3.05) is 0 Å². The topological polar surface area (TPSA) is 57.5 Å². The van der Waals surface area contributed by atoms with Crippen LogP contribution < -0.4 is 5.46 Å². The summed E-state index contributed by atoms with van der Waals surface area (Å²) in [6.45, 7) is 1.81. The highest BCUT2D eigenvalue weighted by atomic mass is 16.4. The number of carbonyl (C=O) groups is 1. The van der Waals surface area contributed by atoms with Crippen molar-refractivity contribution < 1.29 is 14.8 Å². The molecule has 4 heteroatoms. The molecule has 0 aliphatic carbocycles. The van der Waals surface area contributed by atoms with Crippen molar-refractivity contribution in [3.8, 4) is 0 Å². The first-order chi connectivity index (χ1) is 6.63. The average molecular weight is 192 g/mol. The molecule has 0 atom stereocenters. The van der Waals surface area contributed by atoms with Crippen molar-refractivity contribution >= 4 is 18.4 Å². The van der Waals surface area contributed by atoms with E-state index in [1.807, 2.05) is 6.92 Å². The Morgan fingerprint density at radius 1 is 1.43 bits per heavy atom. The number of hydrogen-bond acceptors (Lipinski definition) is 3. The van der Waals surface area contributed by atoms with Gasteiger partial charge in [0.2, 0.25) is 0 Å². The third kappa shape index (κ3) is 2.98. The van der Waals surface area contributed by atoms with E-state index < -0.39 is 7.12 Å². The first-order valence-electron chi connectivity index (χ1n) is 4.60. The standard InChI is InChI=1S/C10H13BO3/c1-2-10(12)7-8-4-3-5-9(6-8)11(13)14/h3-6,13-14H,2,7H2,1H3. The van der Waals surface area contributed by atoms with Gasteiger partial charge in [0.15, 0.2) is 0 Å². The molecule has 0 saturated carbocycles. The quantitative estimate of drug-likeness (QED) is 0.654. The molecule has 0 amide bonds. The van der Waals surface area contributed by atoms with E-state index in [9.17, 15) is 4.79 Å². The van der Waals surface area contributed by atoms with Gasteiger partial charge in [-0.05, 0) is 11.0 Å². The zero-order valence-corrected chi connectivity index (χ0v) is 8.10. The second kappa shape index (κ2) is 4.93. The van der Waals surface area contributed by atoms with Gasteiger partial charge in [0.25, 0.3) is 0 Å². The van der Waals surface area contributed by atoms with Gasteiger partial charge in [-0.1, -0.05) is 31.2 Å². The largest absolute Gasteiger partial charge is 0.488 e. The average Bonchev–Trinajstić information content (AvgIpc) is 2.18. The highest BCUT2D eigenvalue weighted by Crippen LogP contribution is 2.00. The van der Waals surface area contributed by atoms with Gasteiger partial charge in [-0.3, -0.25) is 4.79 Å². The van der Waals surface area contributed by atoms with Crippen LogP contribution in [0.2, 0.25) is 0 Å². The molecule has 0 aliphatic rings. The fourth-order valence-electron chi connectivity index (χ4n) is 1.22. The molecular formula is C10H13BO3. The van der Waals surface area contributed by atoms with Gasteiger partial charge in [0.1, 0.15) is 5.78 Å². The van der Waals surface area contributed by atoms with Gasteiger partial charge >= 0.3 is 7.12 Å². The maximum absolute atomic E-state index is 11.1. The third-order valence-corrected chi connectivity index (χ3v) is 2.04. The summed E-state index contributed by atoms with van der Waals surface area (Å²) in [4.78, 5) is 11.1. The smallest absolute Gasteiger partial charge is 0.423 e. The summed E-state index contributed by atoms with van der Waals surface area (Å²) in [7, 11) is -1.47. The van der Waals surface area contributed by atoms with Crippen LogP contribution >= 0.6 is 0 Å². The summed E-state index contributed by atoms with van der Waals surface area (Å²) in [6, 6.07) is 6.77. The van der Waals surface area contributed by atoms with E-state index in [1.54, 1.807) is 24.3 Å². The van der Waals surface area contributed by atoms with Gasteiger partial charge in [-0.2, -0.15) is 0 Å². The van der Waals surface area contributed by atoms with E-state index in [0.29, 0.717) is 18.3 Å². The molecule has 1 aromatic carbocycles. The lowest BCUT2D eigenvalue weighted by Gasteiger charge is -2.02. The minimum atomic E-state index is -1.47. The number of hydrogen-bond donors (Lipinski definition) is 2. The molecule has 0 bridgehead atoms. The number of benzene rings is 1. The lowest BCUT2D eigenvalue weighted by atomic mass is 9.79. The molecule has 0 aromatic heterocycles. The number of Topliss-reactive ketones (excluding diaryl/α,β-unsaturated/α-hetero) is 1. The Balaban J connectivity index is 2.78. The Bertz CT molecular complexity index is 323. The summed E-state index contributed by atoms with van der Waals surface area (Å²) in [6.07, 6.45) is 0.864. The zero-order chi connectivity index (χ0) is 10.6. The number of carbonyl (C=O) groups excluding carboxylic acids is 1. The van der Waals surface area contributed by atoms with Crippen LogP contribution in [-0.2, 0) is 11.2 Å². The van der Waals surface area contributed by atoms with Crippen LogP contribution in [0.3, 0.4) is 0 Å². The summed E-state index contributed by atoms with van der Waals surface area (Å²) in [5.41, 5.74) is 1.24. The summed E-state index contributed by atoms with van der Waals surface area (Å²) in [5.74, 6) is 0.148. The Morgan fingerprint density at radius 3 is 2.71 bits per heavy atom. The Hall–Kier alpha value is -1.13. The van der Waals surface area contributed by atoms with Gasteiger partial charge in [0.05, 0.1) is 0 Å². The van der Waals surface area contributed by atoms with Crippen LogP contribution in [0, 0.1) is 0 Å². The maximum atomic E-state index is 11.1. The van der Waals surface area contributed by atoms with Crippen molar-refractivity contribution in [3.63, 3.8) is 0 Å². The first kappa shape index (κ1) is 11.0. The molecule has 0 heterocycles. The van der Waals surface area contributed by atoms with Crippen molar-refractivity contribution in [2.45, 2.75) is 19.8 Å². The van der Waals surface area contributed by atoms with Gasteiger partial charge < -0.3 is 10.0 Å². The molecule has 0 fully saturated rings. The summed E-state index contributed by atoms with van der Waals surface area (Å²) < 4.78 is 0. The minimum Gasteiger partial charge on any atom is -0.423 e. The monoisotopic (exact) mass is 192 g/mol. The Morgan fingerprint density at radius 2 is 2.14 bits per heavy atom. The molecule has 1 aromatic rings. The third-order valence-electron chi connectivity index (χ3n) is 2.04. The molecule has 0 radical (unpaired) electrons. The maximum Gasteiger partial charge on any atom is 0.488 e. The molecule has 0 saturated heterocycles. The van der Waals surface area contributed by atoms with Crippen molar-refractivity contribution in [3.05, 3.63) is 29.8 Å². The molecule has 1 rings (SSSR count). The van der Waals surface area contributed by atoms with E-state index in [2.05, 4.69) is 0 Å². The van der Waals surface area contributed by atoms with E-state index in [1.165, 1.54) is 0 Å². The first-order valence-corrected chi connectivity index (χ1v) is 4.60. The van der Waals surface area contributed by atoms with E-state index in [0.717, 1.165) is 5.56 Å². The molecule has 2 N–H and O–H groups in total. The fraction of sp³-hybridized carbons (Fsp3) is 0.300. The van der Waals surface area contributed by atoms with Crippen LogP contribution in [-0.4, -0.2) is 22.9 Å². The fourth-order valence-corrected chi connectivity index (χ4v) is 1.22. The van der Waals surface area contributed by atoms with Crippen LogP contribution in [0.1, 0.15) is 18.9 Å². The second-order valence-electron chi connectivity index (χ2n) is 3.19. The highest BCUT2D eigenvalue weighted by Gasteiger charge is 2.11. The molecule has 0 unspecified atom stereocenters. The molecule has 74 valence electrons. The Labute approximate surface area is 83.5 Å².